The van der Waals surface area contributed by atoms with Gasteiger partial charge in [-0.2, -0.15) is 0 Å². The Bertz CT molecular complexity index is 266. The first kappa shape index (κ1) is 16.5. The van der Waals surface area contributed by atoms with Crippen LogP contribution in [0.15, 0.2) is 0 Å². The van der Waals surface area contributed by atoms with Crippen molar-refractivity contribution in [2.75, 3.05) is 7.11 Å². The minimum absolute atomic E-state index is 0.0491. The summed E-state index contributed by atoms with van der Waals surface area (Å²) in [5.41, 5.74) is -0.308. The monoisotopic (exact) mass is 242 g/mol. The number of methoxy groups -OCH3 is 1. The van der Waals surface area contributed by atoms with Gasteiger partial charge in [-0.3, -0.25) is 4.79 Å². The Balaban J connectivity index is 5.34. The molecule has 0 bridgehead atoms. The minimum atomic E-state index is -0.421. The summed E-state index contributed by atoms with van der Waals surface area (Å²) in [4.78, 5) is 12.2. The zero-order valence-electron chi connectivity index (χ0n) is 12.9. The van der Waals surface area contributed by atoms with Crippen LogP contribution in [-0.2, 0) is 9.53 Å². The van der Waals surface area contributed by atoms with E-state index in [1.54, 1.807) is 0 Å². The maximum absolute atomic E-state index is 12.2. The number of hydrogen-bond acceptors (Lipinski definition) is 2. The zero-order valence-corrected chi connectivity index (χ0v) is 12.9. The highest BCUT2D eigenvalue weighted by Crippen LogP contribution is 2.50. The molecule has 0 aliphatic rings. The third kappa shape index (κ3) is 3.46. The summed E-state index contributed by atoms with van der Waals surface area (Å²) in [6.45, 7) is 15.1. The van der Waals surface area contributed by atoms with E-state index in [9.17, 15) is 4.79 Å². The van der Waals surface area contributed by atoms with E-state index in [1.807, 2.05) is 0 Å². The Kier molecular flexibility index (Phi) is 5.24. The summed E-state index contributed by atoms with van der Waals surface area (Å²) in [6.07, 6.45) is 2.90. The number of rotatable bonds is 6. The predicted octanol–water partition coefficient (Wildman–Crippen LogP) is 4.43. The van der Waals surface area contributed by atoms with Gasteiger partial charge in [0.05, 0.1) is 12.5 Å². The van der Waals surface area contributed by atoms with Gasteiger partial charge in [0.2, 0.25) is 0 Å². The van der Waals surface area contributed by atoms with E-state index in [0.717, 1.165) is 19.3 Å². The molecule has 1 atom stereocenters. The molecule has 0 radical (unpaired) electrons. The van der Waals surface area contributed by atoms with Crippen LogP contribution >= 0.6 is 0 Å². The Morgan fingerprint density at radius 3 is 1.76 bits per heavy atom. The van der Waals surface area contributed by atoms with Crippen LogP contribution in [0.4, 0.5) is 0 Å². The highest BCUT2D eigenvalue weighted by molar-refractivity contribution is 5.77. The van der Waals surface area contributed by atoms with Crippen molar-refractivity contribution in [1.82, 2.24) is 0 Å². The van der Waals surface area contributed by atoms with Gasteiger partial charge in [-0.15, -0.1) is 0 Å². The van der Waals surface area contributed by atoms with Crippen molar-refractivity contribution in [1.29, 1.82) is 0 Å². The van der Waals surface area contributed by atoms with Crippen LogP contribution in [0, 0.1) is 16.2 Å². The molecule has 0 spiro atoms. The van der Waals surface area contributed by atoms with Gasteiger partial charge in [-0.25, -0.2) is 0 Å². The fourth-order valence-corrected chi connectivity index (χ4v) is 2.29. The highest BCUT2D eigenvalue weighted by Gasteiger charge is 2.49. The summed E-state index contributed by atoms with van der Waals surface area (Å²) >= 11 is 0. The largest absolute Gasteiger partial charge is 0.469 e. The number of hydrogen-bond donors (Lipinski definition) is 0. The number of carbonyl (C=O) groups excluding carboxylic acids is 1. The predicted molar refractivity (Wildman–Crippen MR) is 72.9 cm³/mol. The lowest BCUT2D eigenvalue weighted by Crippen LogP contribution is -2.45. The van der Waals surface area contributed by atoms with E-state index in [0.29, 0.717) is 0 Å². The van der Waals surface area contributed by atoms with Crippen molar-refractivity contribution in [3.05, 3.63) is 0 Å². The summed E-state index contributed by atoms with van der Waals surface area (Å²) in [5, 5.41) is 0. The molecule has 0 aromatic rings. The first-order valence-electron chi connectivity index (χ1n) is 6.64. The van der Waals surface area contributed by atoms with Crippen LogP contribution in [-0.4, -0.2) is 13.1 Å². The van der Waals surface area contributed by atoms with Crippen LogP contribution < -0.4 is 0 Å². The van der Waals surface area contributed by atoms with Gasteiger partial charge in [-0.05, 0) is 30.6 Å². The Morgan fingerprint density at radius 2 is 1.47 bits per heavy atom. The van der Waals surface area contributed by atoms with Crippen LogP contribution in [0.2, 0.25) is 0 Å². The summed E-state index contributed by atoms with van der Waals surface area (Å²) < 4.78 is 5.05. The molecule has 2 heteroatoms. The van der Waals surface area contributed by atoms with Crippen molar-refractivity contribution in [2.24, 2.45) is 16.2 Å². The zero-order chi connectivity index (χ0) is 13.9. The molecule has 0 aliphatic heterocycles. The van der Waals surface area contributed by atoms with E-state index in [1.165, 1.54) is 7.11 Å². The SMILES string of the molecule is CCC(C)(C)CC(C)(C(=O)OC)C(C)(C)CC. The average molecular weight is 242 g/mol. The smallest absolute Gasteiger partial charge is 0.312 e. The van der Waals surface area contributed by atoms with E-state index in [-0.39, 0.29) is 16.8 Å². The maximum atomic E-state index is 12.2. The molecule has 0 rings (SSSR count). The van der Waals surface area contributed by atoms with Crippen molar-refractivity contribution in [2.45, 2.75) is 67.7 Å². The van der Waals surface area contributed by atoms with Gasteiger partial charge in [0, 0.05) is 0 Å². The molecule has 0 fully saturated rings. The number of esters is 1. The fraction of sp³-hybridized carbons (Fsp3) is 0.933. The second-order valence-corrected chi connectivity index (χ2v) is 6.76. The first-order chi connectivity index (χ1) is 7.56. The third-order valence-electron chi connectivity index (χ3n) is 4.80. The maximum Gasteiger partial charge on any atom is 0.312 e. The first-order valence-corrected chi connectivity index (χ1v) is 6.64. The molecule has 2 nitrogen and oxygen atoms in total. The summed E-state index contributed by atoms with van der Waals surface area (Å²) in [6, 6.07) is 0. The van der Waals surface area contributed by atoms with Crippen LogP contribution in [0.5, 0.6) is 0 Å². The van der Waals surface area contributed by atoms with Gasteiger partial charge in [0.25, 0.3) is 0 Å². The minimum Gasteiger partial charge on any atom is -0.469 e. The quantitative estimate of drug-likeness (QED) is 0.644. The lowest BCUT2D eigenvalue weighted by Gasteiger charge is -2.45. The molecule has 0 aromatic heterocycles. The summed E-state index contributed by atoms with van der Waals surface area (Å²) in [5.74, 6) is -0.0779. The second kappa shape index (κ2) is 5.41. The lowest BCUT2D eigenvalue weighted by molar-refractivity contribution is -0.163. The Morgan fingerprint density at radius 1 is 1.00 bits per heavy atom. The van der Waals surface area contributed by atoms with E-state index in [4.69, 9.17) is 4.74 Å². The van der Waals surface area contributed by atoms with Crippen molar-refractivity contribution < 1.29 is 9.53 Å². The number of ether oxygens (including phenoxy) is 1. The van der Waals surface area contributed by atoms with E-state index < -0.39 is 5.41 Å². The average Bonchev–Trinajstić information content (AvgIpc) is 2.26. The molecule has 17 heavy (non-hydrogen) atoms. The second-order valence-electron chi connectivity index (χ2n) is 6.76. The van der Waals surface area contributed by atoms with Crippen LogP contribution in [0.3, 0.4) is 0 Å². The molecule has 102 valence electrons. The van der Waals surface area contributed by atoms with Crippen molar-refractivity contribution in [3.63, 3.8) is 0 Å². The summed E-state index contributed by atoms with van der Waals surface area (Å²) in [7, 11) is 1.49. The normalized spacial score (nSPS) is 16.5. The molecule has 0 amide bonds. The molecule has 0 aromatic carbocycles. The van der Waals surface area contributed by atoms with Gasteiger partial charge in [-0.1, -0.05) is 48.0 Å². The molecular formula is C15H30O2. The highest BCUT2D eigenvalue weighted by atomic mass is 16.5. The van der Waals surface area contributed by atoms with Gasteiger partial charge in [0.15, 0.2) is 0 Å². The van der Waals surface area contributed by atoms with Gasteiger partial charge >= 0.3 is 5.97 Å². The standard InChI is InChI=1S/C15H30O2/c1-9-13(3,4)11-15(7,12(16)17-8)14(5,6)10-2/h9-11H2,1-8H3. The molecular weight excluding hydrogens is 212 g/mol. The van der Waals surface area contributed by atoms with Crippen LogP contribution in [0.1, 0.15) is 67.7 Å². The lowest BCUT2D eigenvalue weighted by atomic mass is 9.58. The Labute approximate surface area is 107 Å². The van der Waals surface area contributed by atoms with E-state index >= 15 is 0 Å². The molecule has 0 aliphatic carbocycles. The van der Waals surface area contributed by atoms with E-state index in [2.05, 4.69) is 48.5 Å². The molecule has 0 N–H and O–H groups in total. The van der Waals surface area contributed by atoms with Crippen molar-refractivity contribution >= 4 is 5.97 Å². The molecule has 0 heterocycles. The molecule has 0 saturated carbocycles. The number of carbonyl (C=O) groups is 1. The molecule has 1 unspecified atom stereocenters. The van der Waals surface area contributed by atoms with Crippen LogP contribution in [0.25, 0.3) is 0 Å². The van der Waals surface area contributed by atoms with Gasteiger partial charge < -0.3 is 4.74 Å². The van der Waals surface area contributed by atoms with Gasteiger partial charge in [0.1, 0.15) is 0 Å². The molecule has 0 saturated heterocycles. The Hall–Kier alpha value is -0.530. The third-order valence-corrected chi connectivity index (χ3v) is 4.80. The fourth-order valence-electron chi connectivity index (χ4n) is 2.29. The van der Waals surface area contributed by atoms with Crippen molar-refractivity contribution in [3.8, 4) is 0 Å². The topological polar surface area (TPSA) is 26.3 Å².